The smallest absolute Gasteiger partial charge is 0.0915 e. The lowest BCUT2D eigenvalue weighted by molar-refractivity contribution is 0.177. The lowest BCUT2D eigenvalue weighted by atomic mass is 10.1. The van der Waals surface area contributed by atoms with Crippen LogP contribution in [0.3, 0.4) is 0 Å². The van der Waals surface area contributed by atoms with Crippen molar-refractivity contribution in [1.29, 1.82) is 0 Å². The van der Waals surface area contributed by atoms with Crippen LogP contribution in [0.1, 0.15) is 25.0 Å². The van der Waals surface area contributed by atoms with Gasteiger partial charge in [-0.05, 0) is 24.1 Å². The second-order valence-corrected chi connectivity index (χ2v) is 3.53. The highest BCUT2D eigenvalue weighted by Crippen LogP contribution is 2.16. The van der Waals surface area contributed by atoms with Gasteiger partial charge in [0.05, 0.1) is 6.10 Å². The molecule has 0 saturated heterocycles. The van der Waals surface area contributed by atoms with E-state index in [1.807, 2.05) is 25.6 Å². The van der Waals surface area contributed by atoms with Crippen LogP contribution in [0, 0.1) is 6.54 Å². The van der Waals surface area contributed by atoms with Gasteiger partial charge < -0.3 is 10.4 Å². The molecule has 14 heavy (non-hydrogen) atoms. The van der Waals surface area contributed by atoms with E-state index in [1.54, 1.807) is 12.1 Å². The van der Waals surface area contributed by atoms with E-state index in [0.717, 1.165) is 12.0 Å². The summed E-state index contributed by atoms with van der Waals surface area (Å²) >= 11 is 5.81. The summed E-state index contributed by atoms with van der Waals surface area (Å²) in [5.74, 6) is 0. The Hall–Kier alpha value is -0.570. The third kappa shape index (κ3) is 3.66. The summed E-state index contributed by atoms with van der Waals surface area (Å²) in [4.78, 5) is 0. The van der Waals surface area contributed by atoms with Crippen LogP contribution in [0.25, 0.3) is 0 Å². The molecule has 0 amide bonds. The molecule has 3 heteroatoms. The number of rotatable bonds is 5. The first-order valence-electron chi connectivity index (χ1n) is 4.72. The molecule has 0 heterocycles. The Morgan fingerprint density at radius 2 is 2.36 bits per heavy atom. The minimum Gasteiger partial charge on any atom is -0.387 e. The molecule has 1 aromatic carbocycles. The van der Waals surface area contributed by atoms with Crippen LogP contribution < -0.4 is 5.32 Å². The molecule has 1 rings (SSSR count). The fourth-order valence-electron chi connectivity index (χ4n) is 1.17. The molecule has 0 unspecified atom stereocenters. The third-order valence-corrected chi connectivity index (χ3v) is 2.13. The van der Waals surface area contributed by atoms with E-state index in [1.165, 1.54) is 0 Å². The minimum absolute atomic E-state index is 0.503. The molecular weight excluding hydrogens is 198 g/mol. The molecule has 0 saturated carbocycles. The highest BCUT2D eigenvalue weighted by Gasteiger charge is 2.06. The van der Waals surface area contributed by atoms with Crippen molar-refractivity contribution in [2.24, 2.45) is 0 Å². The fourth-order valence-corrected chi connectivity index (χ4v) is 1.37. The van der Waals surface area contributed by atoms with E-state index in [9.17, 15) is 5.11 Å². The predicted octanol–water partition coefficient (Wildman–Crippen LogP) is 2.53. The number of nitrogens with one attached hydrogen (secondary N) is 1. The molecule has 1 radical (unpaired) electrons. The summed E-state index contributed by atoms with van der Waals surface area (Å²) in [5.41, 5.74) is 0.842. The van der Waals surface area contributed by atoms with Gasteiger partial charge in [0.15, 0.2) is 0 Å². The zero-order chi connectivity index (χ0) is 10.4. The minimum atomic E-state index is -0.503. The van der Waals surface area contributed by atoms with Gasteiger partial charge in [-0.1, -0.05) is 30.7 Å². The average molecular weight is 213 g/mol. The molecule has 1 atom stereocenters. The largest absolute Gasteiger partial charge is 0.387 e. The number of hydrogen-bond donors (Lipinski definition) is 2. The zero-order valence-corrected chi connectivity index (χ0v) is 8.96. The van der Waals surface area contributed by atoms with Gasteiger partial charge in [-0.25, -0.2) is 0 Å². The van der Waals surface area contributed by atoms with Gasteiger partial charge in [0.2, 0.25) is 0 Å². The van der Waals surface area contributed by atoms with Crippen LogP contribution >= 0.6 is 11.6 Å². The Kier molecular flexibility index (Phi) is 4.94. The van der Waals surface area contributed by atoms with Gasteiger partial charge in [0, 0.05) is 18.1 Å². The number of aliphatic hydroxyl groups excluding tert-OH is 1. The standard InChI is InChI=1S/C11H15ClNO/c1-2-6-13-8-11(14)9-4-3-5-10(12)7-9/h3-7,11,13-14H,2,8H2,1H3/t11-/m0/s1. The topological polar surface area (TPSA) is 32.3 Å². The molecule has 77 valence electrons. The van der Waals surface area contributed by atoms with E-state index in [4.69, 9.17) is 11.6 Å². The molecule has 0 spiro atoms. The van der Waals surface area contributed by atoms with Gasteiger partial charge in [-0.15, -0.1) is 0 Å². The Morgan fingerprint density at radius 1 is 1.57 bits per heavy atom. The first kappa shape index (κ1) is 11.5. The normalized spacial score (nSPS) is 12.8. The van der Waals surface area contributed by atoms with E-state index < -0.39 is 6.10 Å². The molecule has 2 N–H and O–H groups in total. The Balaban J connectivity index is 2.47. The molecular formula is C11H15ClNO. The van der Waals surface area contributed by atoms with Crippen molar-refractivity contribution in [2.45, 2.75) is 19.4 Å². The van der Waals surface area contributed by atoms with Crippen LogP contribution in [0.15, 0.2) is 24.3 Å². The molecule has 0 aliphatic rings. The van der Waals surface area contributed by atoms with Gasteiger partial charge in [-0.2, -0.15) is 0 Å². The Morgan fingerprint density at radius 3 is 3.00 bits per heavy atom. The maximum atomic E-state index is 9.73. The van der Waals surface area contributed by atoms with E-state index in [-0.39, 0.29) is 0 Å². The fraction of sp³-hybridized carbons (Fsp3) is 0.364. The van der Waals surface area contributed by atoms with Crippen molar-refractivity contribution >= 4 is 11.6 Å². The van der Waals surface area contributed by atoms with Crippen LogP contribution in [-0.2, 0) is 0 Å². The van der Waals surface area contributed by atoms with Crippen molar-refractivity contribution in [1.82, 2.24) is 5.32 Å². The summed E-state index contributed by atoms with van der Waals surface area (Å²) in [6, 6.07) is 7.28. The molecule has 0 aliphatic heterocycles. The number of hydrogen-bond acceptors (Lipinski definition) is 2. The summed E-state index contributed by atoms with van der Waals surface area (Å²) in [5, 5.41) is 13.4. The van der Waals surface area contributed by atoms with Gasteiger partial charge in [-0.3, -0.25) is 0 Å². The predicted molar refractivity (Wildman–Crippen MR) is 59.0 cm³/mol. The average Bonchev–Trinajstić information content (AvgIpc) is 2.18. The van der Waals surface area contributed by atoms with Crippen molar-refractivity contribution in [3.63, 3.8) is 0 Å². The van der Waals surface area contributed by atoms with Crippen molar-refractivity contribution in [3.05, 3.63) is 41.4 Å². The van der Waals surface area contributed by atoms with Gasteiger partial charge >= 0.3 is 0 Å². The van der Waals surface area contributed by atoms with Crippen LogP contribution in [0.4, 0.5) is 0 Å². The van der Waals surface area contributed by atoms with E-state index >= 15 is 0 Å². The summed E-state index contributed by atoms with van der Waals surface area (Å²) < 4.78 is 0. The molecule has 0 fully saturated rings. The number of aliphatic hydroxyl groups is 1. The summed E-state index contributed by atoms with van der Waals surface area (Å²) in [6.45, 7) is 4.49. The highest BCUT2D eigenvalue weighted by molar-refractivity contribution is 6.30. The first-order chi connectivity index (χ1) is 6.74. The van der Waals surface area contributed by atoms with E-state index in [2.05, 4.69) is 5.32 Å². The van der Waals surface area contributed by atoms with Crippen molar-refractivity contribution < 1.29 is 5.11 Å². The molecule has 0 aliphatic carbocycles. The maximum Gasteiger partial charge on any atom is 0.0915 e. The molecule has 0 bridgehead atoms. The zero-order valence-electron chi connectivity index (χ0n) is 8.20. The summed E-state index contributed by atoms with van der Waals surface area (Å²) in [6.07, 6.45) is 0.443. The Bertz CT molecular complexity index is 278. The number of halogens is 1. The highest BCUT2D eigenvalue weighted by atomic mass is 35.5. The summed E-state index contributed by atoms with van der Waals surface area (Å²) in [7, 11) is 0. The van der Waals surface area contributed by atoms with Crippen molar-refractivity contribution in [2.75, 3.05) is 6.54 Å². The number of benzene rings is 1. The monoisotopic (exact) mass is 212 g/mol. The first-order valence-corrected chi connectivity index (χ1v) is 5.10. The van der Waals surface area contributed by atoms with E-state index in [0.29, 0.717) is 11.6 Å². The SMILES string of the molecule is CC[CH]NC[C@H](O)c1cccc(Cl)c1. The van der Waals surface area contributed by atoms with Gasteiger partial charge in [0.25, 0.3) is 0 Å². The van der Waals surface area contributed by atoms with Gasteiger partial charge in [0.1, 0.15) is 0 Å². The van der Waals surface area contributed by atoms with Crippen molar-refractivity contribution in [3.8, 4) is 0 Å². The van der Waals surface area contributed by atoms with Crippen LogP contribution in [-0.4, -0.2) is 11.7 Å². The molecule has 0 aromatic heterocycles. The second kappa shape index (κ2) is 6.02. The Labute approximate surface area is 89.9 Å². The lowest BCUT2D eigenvalue weighted by Crippen LogP contribution is -2.18. The second-order valence-electron chi connectivity index (χ2n) is 3.09. The van der Waals surface area contributed by atoms with Crippen LogP contribution in [0.5, 0.6) is 0 Å². The maximum absolute atomic E-state index is 9.73. The molecule has 2 nitrogen and oxygen atoms in total. The quantitative estimate of drug-likeness (QED) is 0.736. The lowest BCUT2D eigenvalue weighted by Gasteiger charge is -2.11. The molecule has 1 aromatic rings. The third-order valence-electron chi connectivity index (χ3n) is 1.89. The van der Waals surface area contributed by atoms with Crippen LogP contribution in [0.2, 0.25) is 5.02 Å².